The quantitative estimate of drug-likeness (QED) is 0.861. The highest BCUT2D eigenvalue weighted by Crippen LogP contribution is 2.37. The Bertz CT molecular complexity index is 438. The monoisotopic (exact) mass is 249 g/mol. The number of carbonyl (C=O) groups is 1. The van der Waals surface area contributed by atoms with Crippen LogP contribution in [0.3, 0.4) is 0 Å². The summed E-state index contributed by atoms with van der Waals surface area (Å²) in [6.45, 7) is 7.22. The number of nitrogen functional groups attached to an aromatic ring is 1. The van der Waals surface area contributed by atoms with Crippen LogP contribution in [0, 0.1) is 5.41 Å². The van der Waals surface area contributed by atoms with Gasteiger partial charge in [-0.3, -0.25) is 4.79 Å². The van der Waals surface area contributed by atoms with Crippen LogP contribution in [0.4, 0.5) is 5.69 Å². The molecule has 4 heteroatoms. The molecule has 0 saturated heterocycles. The summed E-state index contributed by atoms with van der Waals surface area (Å²) in [6.07, 6.45) is 5.14. The number of hydrogen-bond donors (Lipinski definition) is 2. The fourth-order valence-electron chi connectivity index (χ4n) is 1.98. The van der Waals surface area contributed by atoms with Crippen LogP contribution in [0.25, 0.3) is 0 Å². The summed E-state index contributed by atoms with van der Waals surface area (Å²) in [5, 5.41) is 2.98. The maximum absolute atomic E-state index is 12.1. The first-order valence-electron chi connectivity index (χ1n) is 6.62. The van der Waals surface area contributed by atoms with Crippen molar-refractivity contribution >= 4 is 11.6 Å². The van der Waals surface area contributed by atoms with Gasteiger partial charge in [0.1, 0.15) is 5.69 Å². The minimum Gasteiger partial charge on any atom is -0.397 e. The van der Waals surface area contributed by atoms with Gasteiger partial charge >= 0.3 is 0 Å². The van der Waals surface area contributed by atoms with Gasteiger partial charge in [-0.15, -0.1) is 0 Å². The molecule has 1 aliphatic carbocycles. The number of rotatable bonds is 4. The molecule has 18 heavy (non-hydrogen) atoms. The van der Waals surface area contributed by atoms with E-state index in [1.165, 1.54) is 0 Å². The molecule has 0 radical (unpaired) electrons. The topological polar surface area (TPSA) is 60.1 Å². The Hall–Kier alpha value is -1.45. The van der Waals surface area contributed by atoms with Crippen LogP contribution in [0.2, 0.25) is 0 Å². The van der Waals surface area contributed by atoms with Crippen molar-refractivity contribution in [1.82, 2.24) is 9.88 Å². The Morgan fingerprint density at radius 2 is 2.17 bits per heavy atom. The molecule has 0 spiro atoms. The number of hydrogen-bond acceptors (Lipinski definition) is 2. The molecule has 1 heterocycles. The lowest BCUT2D eigenvalue weighted by Gasteiger charge is -2.18. The summed E-state index contributed by atoms with van der Waals surface area (Å²) in [5.41, 5.74) is 7.39. The van der Waals surface area contributed by atoms with Crippen molar-refractivity contribution in [2.75, 3.05) is 12.3 Å². The fraction of sp³-hybridized carbons (Fsp3) is 0.643. The van der Waals surface area contributed by atoms with Gasteiger partial charge in [0.2, 0.25) is 0 Å². The highest BCUT2D eigenvalue weighted by Gasteiger charge is 2.27. The van der Waals surface area contributed by atoms with Crippen LogP contribution in [0.1, 0.15) is 56.6 Å². The SMILES string of the molecule is CC(C)(C)CCNC(=O)c1cc(N)cn1C1CC1. The van der Waals surface area contributed by atoms with Gasteiger partial charge in [0, 0.05) is 18.8 Å². The summed E-state index contributed by atoms with van der Waals surface area (Å²) in [7, 11) is 0. The minimum atomic E-state index is -0.0112. The van der Waals surface area contributed by atoms with E-state index in [2.05, 4.69) is 26.1 Å². The highest BCUT2D eigenvalue weighted by atomic mass is 16.1. The van der Waals surface area contributed by atoms with Crippen molar-refractivity contribution in [2.45, 2.75) is 46.1 Å². The zero-order valence-electron chi connectivity index (χ0n) is 11.5. The number of carbonyl (C=O) groups excluding carboxylic acids is 1. The van der Waals surface area contributed by atoms with E-state index in [0.717, 1.165) is 19.3 Å². The molecule has 100 valence electrons. The van der Waals surface area contributed by atoms with Gasteiger partial charge in [-0.2, -0.15) is 0 Å². The predicted octanol–water partition coefficient (Wildman–Crippen LogP) is 2.57. The second-order valence-corrected chi connectivity index (χ2v) is 6.36. The van der Waals surface area contributed by atoms with E-state index in [4.69, 9.17) is 5.73 Å². The van der Waals surface area contributed by atoms with Crippen molar-refractivity contribution in [3.05, 3.63) is 18.0 Å². The second-order valence-electron chi connectivity index (χ2n) is 6.36. The minimum absolute atomic E-state index is 0.0112. The van der Waals surface area contributed by atoms with Gasteiger partial charge < -0.3 is 15.6 Å². The number of nitrogens with one attached hydrogen (secondary N) is 1. The lowest BCUT2D eigenvalue weighted by Crippen LogP contribution is -2.28. The highest BCUT2D eigenvalue weighted by molar-refractivity contribution is 5.93. The van der Waals surface area contributed by atoms with Crippen molar-refractivity contribution in [2.24, 2.45) is 5.41 Å². The average molecular weight is 249 g/mol. The molecule has 3 N–H and O–H groups in total. The maximum atomic E-state index is 12.1. The van der Waals surface area contributed by atoms with Crippen LogP contribution < -0.4 is 11.1 Å². The van der Waals surface area contributed by atoms with Gasteiger partial charge in [0.25, 0.3) is 5.91 Å². The molecule has 1 fully saturated rings. The van der Waals surface area contributed by atoms with Gasteiger partial charge in [-0.1, -0.05) is 20.8 Å². The molecule has 0 atom stereocenters. The van der Waals surface area contributed by atoms with E-state index in [9.17, 15) is 4.79 Å². The molecule has 1 saturated carbocycles. The smallest absolute Gasteiger partial charge is 0.267 e. The third kappa shape index (κ3) is 3.28. The third-order valence-corrected chi connectivity index (χ3v) is 3.20. The molecule has 0 bridgehead atoms. The summed E-state index contributed by atoms with van der Waals surface area (Å²) < 4.78 is 2.02. The second kappa shape index (κ2) is 4.67. The van der Waals surface area contributed by atoms with E-state index in [1.54, 1.807) is 6.07 Å². The van der Waals surface area contributed by atoms with E-state index >= 15 is 0 Å². The first kappa shape index (κ1) is 13.0. The Labute approximate surface area is 109 Å². The van der Waals surface area contributed by atoms with Gasteiger partial charge in [-0.05, 0) is 30.7 Å². The number of anilines is 1. The zero-order valence-corrected chi connectivity index (χ0v) is 11.5. The Morgan fingerprint density at radius 3 is 2.72 bits per heavy atom. The van der Waals surface area contributed by atoms with Crippen LogP contribution in [0.5, 0.6) is 0 Å². The van der Waals surface area contributed by atoms with Gasteiger partial charge in [0.05, 0.1) is 5.69 Å². The van der Waals surface area contributed by atoms with Gasteiger partial charge in [0.15, 0.2) is 0 Å². The molecule has 1 amide bonds. The number of nitrogens with two attached hydrogens (primary N) is 1. The maximum Gasteiger partial charge on any atom is 0.267 e. The van der Waals surface area contributed by atoms with Crippen LogP contribution >= 0.6 is 0 Å². The Kier molecular flexibility index (Phi) is 3.37. The molecular formula is C14H23N3O. The largest absolute Gasteiger partial charge is 0.397 e. The predicted molar refractivity (Wildman–Crippen MR) is 73.5 cm³/mol. The third-order valence-electron chi connectivity index (χ3n) is 3.20. The van der Waals surface area contributed by atoms with Crippen LogP contribution in [-0.4, -0.2) is 17.0 Å². The molecule has 0 unspecified atom stereocenters. The van der Waals surface area contributed by atoms with Crippen molar-refractivity contribution < 1.29 is 4.79 Å². The van der Waals surface area contributed by atoms with Crippen molar-refractivity contribution in [1.29, 1.82) is 0 Å². The number of nitrogens with zero attached hydrogens (tertiary/aromatic N) is 1. The van der Waals surface area contributed by atoms with Crippen LogP contribution in [0.15, 0.2) is 12.3 Å². The Morgan fingerprint density at radius 1 is 1.50 bits per heavy atom. The summed E-state index contributed by atoms with van der Waals surface area (Å²) in [5.74, 6) is -0.0112. The molecule has 0 aliphatic heterocycles. The molecule has 1 aromatic rings. The van der Waals surface area contributed by atoms with Crippen LogP contribution in [-0.2, 0) is 0 Å². The summed E-state index contributed by atoms with van der Waals surface area (Å²) in [4.78, 5) is 12.1. The van der Waals surface area contributed by atoms with E-state index in [1.807, 2.05) is 10.8 Å². The molecule has 2 rings (SSSR count). The van der Waals surface area contributed by atoms with E-state index in [-0.39, 0.29) is 11.3 Å². The Balaban J connectivity index is 1.96. The molecule has 1 aromatic heterocycles. The zero-order chi connectivity index (χ0) is 13.3. The molecule has 0 aromatic carbocycles. The van der Waals surface area contributed by atoms with E-state index < -0.39 is 0 Å². The van der Waals surface area contributed by atoms with E-state index in [0.29, 0.717) is 24.0 Å². The van der Waals surface area contributed by atoms with Crippen molar-refractivity contribution in [3.8, 4) is 0 Å². The normalized spacial score (nSPS) is 15.7. The number of amides is 1. The fourth-order valence-corrected chi connectivity index (χ4v) is 1.98. The summed E-state index contributed by atoms with van der Waals surface area (Å²) in [6, 6.07) is 2.25. The lowest BCUT2D eigenvalue weighted by atomic mass is 9.92. The van der Waals surface area contributed by atoms with Crippen molar-refractivity contribution in [3.63, 3.8) is 0 Å². The molecule has 1 aliphatic rings. The average Bonchev–Trinajstić information content (AvgIpc) is 3.00. The summed E-state index contributed by atoms with van der Waals surface area (Å²) >= 11 is 0. The standard InChI is InChI=1S/C14H23N3O/c1-14(2,3)6-7-16-13(18)12-8-10(15)9-17(12)11-4-5-11/h8-9,11H,4-7,15H2,1-3H3,(H,16,18). The first-order chi connectivity index (χ1) is 8.37. The first-order valence-corrected chi connectivity index (χ1v) is 6.62. The van der Waals surface area contributed by atoms with Gasteiger partial charge in [-0.25, -0.2) is 0 Å². The number of aromatic nitrogens is 1. The molecule has 4 nitrogen and oxygen atoms in total. The lowest BCUT2D eigenvalue weighted by molar-refractivity contribution is 0.0940. The molecular weight excluding hydrogens is 226 g/mol.